The Labute approximate surface area is 154 Å². The molecule has 0 unspecified atom stereocenters. The lowest BCUT2D eigenvalue weighted by Crippen LogP contribution is -2.17. The topological polar surface area (TPSA) is 39.7 Å². The minimum absolute atomic E-state index is 0. The van der Waals surface area contributed by atoms with Gasteiger partial charge in [0.25, 0.3) is 0 Å². The molecule has 0 heterocycles. The maximum Gasteiger partial charge on any atom is 0.137 e. The van der Waals surface area contributed by atoms with Crippen LogP contribution in [0.1, 0.15) is 11.1 Å². The zero-order valence-electron chi connectivity index (χ0n) is 14.1. The summed E-state index contributed by atoms with van der Waals surface area (Å²) in [6.07, 6.45) is 0.826. The van der Waals surface area contributed by atoms with Crippen molar-refractivity contribution in [3.8, 4) is 17.2 Å². The third-order valence-electron chi connectivity index (χ3n) is 3.61. The summed E-state index contributed by atoms with van der Waals surface area (Å²) in [5.74, 6) is 2.31. The Kier molecular flexibility index (Phi) is 8.76. The van der Waals surface area contributed by atoms with Crippen LogP contribution < -0.4 is 19.5 Å². The summed E-state index contributed by atoms with van der Waals surface area (Å²) < 4.78 is 15.8. The lowest BCUT2D eigenvalue weighted by molar-refractivity contribution is 0.398. The molecule has 2 aromatic rings. The fraction of sp³-hybridized carbons (Fsp3) is 0.333. The van der Waals surface area contributed by atoms with Crippen molar-refractivity contribution in [2.45, 2.75) is 13.0 Å². The van der Waals surface area contributed by atoms with Gasteiger partial charge in [-0.15, -0.1) is 12.4 Å². The number of rotatable bonds is 8. The molecule has 132 valence electrons. The highest BCUT2D eigenvalue weighted by molar-refractivity contribution is 6.32. The molecule has 0 fully saturated rings. The molecule has 0 aliphatic heterocycles. The molecule has 0 saturated heterocycles. The fourth-order valence-corrected chi connectivity index (χ4v) is 2.55. The first kappa shape index (κ1) is 20.4. The predicted molar refractivity (Wildman–Crippen MR) is 100 cm³/mol. The molecule has 1 N–H and O–H groups in total. The Morgan fingerprint density at radius 2 is 1.58 bits per heavy atom. The summed E-state index contributed by atoms with van der Waals surface area (Å²) in [6.45, 7) is 1.63. The summed E-state index contributed by atoms with van der Waals surface area (Å²) in [5.41, 5.74) is 2.28. The summed E-state index contributed by atoms with van der Waals surface area (Å²) >= 11 is 6.12. The van der Waals surface area contributed by atoms with Crippen molar-refractivity contribution >= 4 is 24.0 Å². The van der Waals surface area contributed by atoms with Gasteiger partial charge in [0.2, 0.25) is 0 Å². The molecular weight excluding hydrogens is 349 g/mol. The SMILES string of the molecule is COc1ccc(CNCCc2cc(OC)c(Cl)cc2OC)cc1.Cl. The Bertz CT molecular complexity index is 633. The van der Waals surface area contributed by atoms with Crippen LogP contribution in [0.3, 0.4) is 0 Å². The third kappa shape index (κ3) is 5.48. The molecule has 0 aromatic heterocycles. The van der Waals surface area contributed by atoms with Crippen LogP contribution in [0.5, 0.6) is 17.2 Å². The second-order valence-electron chi connectivity index (χ2n) is 5.07. The van der Waals surface area contributed by atoms with E-state index in [2.05, 4.69) is 17.4 Å². The van der Waals surface area contributed by atoms with Gasteiger partial charge in [0.15, 0.2) is 0 Å². The molecule has 0 aliphatic rings. The third-order valence-corrected chi connectivity index (χ3v) is 3.91. The van der Waals surface area contributed by atoms with Crippen molar-refractivity contribution in [2.75, 3.05) is 27.9 Å². The Balaban J connectivity index is 0.00000288. The quantitative estimate of drug-likeness (QED) is 0.708. The van der Waals surface area contributed by atoms with E-state index in [4.69, 9.17) is 25.8 Å². The molecule has 0 amide bonds. The van der Waals surface area contributed by atoms with Crippen molar-refractivity contribution in [1.82, 2.24) is 5.32 Å². The van der Waals surface area contributed by atoms with E-state index < -0.39 is 0 Å². The average molecular weight is 372 g/mol. The lowest BCUT2D eigenvalue weighted by Gasteiger charge is -2.12. The minimum Gasteiger partial charge on any atom is -0.497 e. The Morgan fingerprint density at radius 1 is 0.917 bits per heavy atom. The lowest BCUT2D eigenvalue weighted by atomic mass is 10.1. The second-order valence-corrected chi connectivity index (χ2v) is 5.48. The van der Waals surface area contributed by atoms with Crippen LogP contribution in [0, 0.1) is 0 Å². The molecule has 0 bridgehead atoms. The van der Waals surface area contributed by atoms with Gasteiger partial charge in [-0.1, -0.05) is 23.7 Å². The first-order valence-corrected chi connectivity index (χ1v) is 7.79. The van der Waals surface area contributed by atoms with E-state index >= 15 is 0 Å². The van der Waals surface area contributed by atoms with Crippen molar-refractivity contribution in [3.63, 3.8) is 0 Å². The fourth-order valence-electron chi connectivity index (χ4n) is 2.32. The Morgan fingerprint density at radius 3 is 2.17 bits per heavy atom. The van der Waals surface area contributed by atoms with E-state index in [0.717, 1.165) is 36.6 Å². The number of nitrogens with one attached hydrogen (secondary N) is 1. The second kappa shape index (κ2) is 10.3. The summed E-state index contributed by atoms with van der Waals surface area (Å²) in [4.78, 5) is 0. The van der Waals surface area contributed by atoms with E-state index in [1.54, 1.807) is 27.4 Å². The van der Waals surface area contributed by atoms with Crippen molar-refractivity contribution in [2.24, 2.45) is 0 Å². The molecule has 2 rings (SSSR count). The summed E-state index contributed by atoms with van der Waals surface area (Å²) in [7, 11) is 4.92. The van der Waals surface area contributed by atoms with E-state index in [1.807, 2.05) is 18.2 Å². The van der Waals surface area contributed by atoms with Crippen LogP contribution in [0.4, 0.5) is 0 Å². The molecule has 4 nitrogen and oxygen atoms in total. The van der Waals surface area contributed by atoms with Gasteiger partial charge in [0.1, 0.15) is 17.2 Å². The largest absolute Gasteiger partial charge is 0.497 e. The normalized spacial score (nSPS) is 10.0. The number of ether oxygens (including phenoxy) is 3. The van der Waals surface area contributed by atoms with Crippen LogP contribution >= 0.6 is 24.0 Å². The van der Waals surface area contributed by atoms with Crippen LogP contribution in [0.15, 0.2) is 36.4 Å². The summed E-state index contributed by atoms with van der Waals surface area (Å²) in [5, 5.41) is 3.98. The predicted octanol–water partition coefficient (Wildman–Crippen LogP) is 4.12. The van der Waals surface area contributed by atoms with Gasteiger partial charge < -0.3 is 19.5 Å². The molecule has 0 spiro atoms. The van der Waals surface area contributed by atoms with Gasteiger partial charge in [0, 0.05) is 12.6 Å². The molecule has 0 aliphatic carbocycles. The molecule has 0 radical (unpaired) electrons. The van der Waals surface area contributed by atoms with Crippen molar-refractivity contribution in [3.05, 3.63) is 52.5 Å². The van der Waals surface area contributed by atoms with Crippen LogP contribution in [-0.2, 0) is 13.0 Å². The maximum absolute atomic E-state index is 6.12. The number of halogens is 2. The smallest absolute Gasteiger partial charge is 0.137 e. The van der Waals surface area contributed by atoms with Crippen LogP contribution in [0.2, 0.25) is 5.02 Å². The molecular formula is C18H23Cl2NO3. The van der Waals surface area contributed by atoms with Crippen LogP contribution in [-0.4, -0.2) is 27.9 Å². The first-order chi connectivity index (χ1) is 11.2. The highest BCUT2D eigenvalue weighted by Crippen LogP contribution is 2.32. The van der Waals surface area contributed by atoms with E-state index in [1.165, 1.54) is 5.56 Å². The van der Waals surface area contributed by atoms with Gasteiger partial charge in [-0.3, -0.25) is 0 Å². The minimum atomic E-state index is 0. The van der Waals surface area contributed by atoms with Crippen molar-refractivity contribution in [1.29, 1.82) is 0 Å². The zero-order valence-corrected chi connectivity index (χ0v) is 15.7. The summed E-state index contributed by atoms with van der Waals surface area (Å²) in [6, 6.07) is 11.7. The first-order valence-electron chi connectivity index (χ1n) is 7.42. The molecule has 0 saturated carbocycles. The number of benzene rings is 2. The molecule has 6 heteroatoms. The standard InChI is InChI=1S/C18H22ClNO3.ClH/c1-21-15-6-4-13(5-7-15)12-20-9-8-14-10-18(23-3)16(19)11-17(14)22-2;/h4-7,10-11,20H,8-9,12H2,1-3H3;1H. The monoisotopic (exact) mass is 371 g/mol. The van der Waals surface area contributed by atoms with E-state index in [0.29, 0.717) is 10.8 Å². The number of methoxy groups -OCH3 is 3. The molecule has 24 heavy (non-hydrogen) atoms. The highest BCUT2D eigenvalue weighted by atomic mass is 35.5. The average Bonchev–Trinajstić information content (AvgIpc) is 2.59. The van der Waals surface area contributed by atoms with Gasteiger partial charge in [-0.25, -0.2) is 0 Å². The maximum atomic E-state index is 6.12. The van der Waals surface area contributed by atoms with Crippen LogP contribution in [0.25, 0.3) is 0 Å². The zero-order chi connectivity index (χ0) is 16.7. The Hall–Kier alpha value is -1.62. The van der Waals surface area contributed by atoms with Gasteiger partial charge in [-0.05, 0) is 42.3 Å². The molecule has 0 atom stereocenters. The van der Waals surface area contributed by atoms with Gasteiger partial charge in [-0.2, -0.15) is 0 Å². The number of hydrogen-bond donors (Lipinski definition) is 1. The van der Waals surface area contributed by atoms with Gasteiger partial charge in [0.05, 0.1) is 26.4 Å². The van der Waals surface area contributed by atoms with E-state index in [9.17, 15) is 0 Å². The van der Waals surface area contributed by atoms with E-state index in [-0.39, 0.29) is 12.4 Å². The molecule has 2 aromatic carbocycles. The van der Waals surface area contributed by atoms with Gasteiger partial charge >= 0.3 is 0 Å². The number of hydrogen-bond acceptors (Lipinski definition) is 4. The highest BCUT2D eigenvalue weighted by Gasteiger charge is 2.09. The van der Waals surface area contributed by atoms with Crippen molar-refractivity contribution < 1.29 is 14.2 Å².